The van der Waals surface area contributed by atoms with Crippen LogP contribution in [0.2, 0.25) is 0 Å². The fraction of sp³-hybridized carbons (Fsp3) is 0.647. The van der Waals surface area contributed by atoms with E-state index in [9.17, 15) is 5.11 Å². The van der Waals surface area contributed by atoms with E-state index in [1.807, 2.05) is 0 Å². The Hall–Kier alpha value is -1.38. The van der Waals surface area contributed by atoms with Crippen molar-refractivity contribution in [1.29, 1.82) is 0 Å². The molecule has 3 nitrogen and oxygen atoms in total. The summed E-state index contributed by atoms with van der Waals surface area (Å²) in [7, 11) is 0. The van der Waals surface area contributed by atoms with E-state index >= 15 is 0 Å². The molecule has 114 valence electrons. The molecule has 0 heterocycles. The van der Waals surface area contributed by atoms with E-state index in [1.54, 1.807) is 6.07 Å². The summed E-state index contributed by atoms with van der Waals surface area (Å²) in [6.45, 7) is 2.86. The zero-order chi connectivity index (χ0) is 14.6. The molecule has 1 rings (SSSR count). The largest absolute Gasteiger partial charge is 0.508 e. The van der Waals surface area contributed by atoms with Crippen LogP contribution in [-0.2, 0) is 0 Å². The lowest BCUT2D eigenvalue weighted by Crippen LogP contribution is -1.97. The lowest BCUT2D eigenvalue weighted by Gasteiger charge is -2.08. The van der Waals surface area contributed by atoms with Crippen molar-refractivity contribution in [3.63, 3.8) is 0 Å². The summed E-state index contributed by atoms with van der Waals surface area (Å²) >= 11 is 0. The summed E-state index contributed by atoms with van der Waals surface area (Å²) < 4.78 is 5.49. The second-order valence-electron chi connectivity index (χ2n) is 5.33. The summed E-state index contributed by atoms with van der Waals surface area (Å²) in [4.78, 5) is 0. The molecule has 0 unspecified atom stereocenters. The smallest absolute Gasteiger partial charge is 0.161 e. The van der Waals surface area contributed by atoms with Gasteiger partial charge in [-0.25, -0.2) is 0 Å². The third-order valence-electron chi connectivity index (χ3n) is 3.45. The van der Waals surface area contributed by atoms with Gasteiger partial charge in [-0.05, 0) is 18.6 Å². The molecule has 1 aromatic carbocycles. The topological polar surface area (TPSA) is 49.7 Å². The Morgan fingerprint density at radius 1 is 0.850 bits per heavy atom. The average Bonchev–Trinajstić information content (AvgIpc) is 2.43. The van der Waals surface area contributed by atoms with Crippen molar-refractivity contribution in [2.45, 2.75) is 64.7 Å². The molecule has 0 aliphatic rings. The highest BCUT2D eigenvalue weighted by Gasteiger charge is 2.02. The predicted molar refractivity (Wildman–Crippen MR) is 82.5 cm³/mol. The van der Waals surface area contributed by atoms with Crippen LogP contribution in [0.25, 0.3) is 0 Å². The van der Waals surface area contributed by atoms with E-state index in [0.29, 0.717) is 12.4 Å². The summed E-state index contributed by atoms with van der Waals surface area (Å²) in [5.74, 6) is 0.501. The van der Waals surface area contributed by atoms with Gasteiger partial charge in [0.05, 0.1) is 6.61 Å². The van der Waals surface area contributed by atoms with Crippen molar-refractivity contribution < 1.29 is 14.9 Å². The normalized spacial score (nSPS) is 10.7. The van der Waals surface area contributed by atoms with E-state index in [2.05, 4.69) is 6.92 Å². The fourth-order valence-corrected chi connectivity index (χ4v) is 2.22. The highest BCUT2D eigenvalue weighted by Crippen LogP contribution is 2.29. The van der Waals surface area contributed by atoms with Crippen molar-refractivity contribution in [2.75, 3.05) is 6.61 Å². The maximum Gasteiger partial charge on any atom is 0.161 e. The first-order valence-electron chi connectivity index (χ1n) is 7.89. The second-order valence-corrected chi connectivity index (χ2v) is 5.33. The molecule has 0 fully saturated rings. The van der Waals surface area contributed by atoms with Gasteiger partial charge in [0, 0.05) is 6.07 Å². The second kappa shape index (κ2) is 10.4. The van der Waals surface area contributed by atoms with E-state index in [0.717, 1.165) is 6.42 Å². The van der Waals surface area contributed by atoms with Gasteiger partial charge in [0.2, 0.25) is 0 Å². The minimum Gasteiger partial charge on any atom is -0.508 e. The van der Waals surface area contributed by atoms with Gasteiger partial charge in [-0.3, -0.25) is 0 Å². The zero-order valence-corrected chi connectivity index (χ0v) is 12.6. The molecule has 3 heteroatoms. The SMILES string of the molecule is CCCCCCCCCCCOc1ccc(O)cc1O. The summed E-state index contributed by atoms with van der Waals surface area (Å²) in [6, 6.07) is 4.41. The number of unbranched alkanes of at least 4 members (excludes halogenated alkanes) is 8. The van der Waals surface area contributed by atoms with Crippen LogP contribution in [0.1, 0.15) is 64.7 Å². The standard InChI is InChI=1S/C17H28O3/c1-2-3-4-5-6-7-8-9-10-13-20-17-12-11-15(18)14-16(17)19/h11-12,14,18-19H,2-10,13H2,1H3. The van der Waals surface area contributed by atoms with Crippen molar-refractivity contribution in [3.05, 3.63) is 18.2 Å². The van der Waals surface area contributed by atoms with Crippen LogP contribution in [0.15, 0.2) is 18.2 Å². The predicted octanol–water partition coefficient (Wildman–Crippen LogP) is 5.01. The molecule has 0 aliphatic carbocycles. The van der Waals surface area contributed by atoms with E-state index in [4.69, 9.17) is 9.84 Å². The Labute approximate surface area is 122 Å². The molecule has 0 saturated carbocycles. The Morgan fingerprint density at radius 2 is 1.45 bits per heavy atom. The van der Waals surface area contributed by atoms with Crippen LogP contribution < -0.4 is 4.74 Å². The monoisotopic (exact) mass is 280 g/mol. The number of ether oxygens (including phenoxy) is 1. The molecule has 0 bridgehead atoms. The molecule has 0 aromatic heterocycles. The Bertz CT molecular complexity index is 363. The minimum atomic E-state index is 0.000856. The maximum absolute atomic E-state index is 9.55. The first-order chi connectivity index (χ1) is 9.74. The first kappa shape index (κ1) is 16.7. The molecule has 0 aliphatic heterocycles. The van der Waals surface area contributed by atoms with Crippen LogP contribution in [-0.4, -0.2) is 16.8 Å². The van der Waals surface area contributed by atoms with Gasteiger partial charge in [0.25, 0.3) is 0 Å². The molecule has 2 N–H and O–H groups in total. The number of hydrogen-bond donors (Lipinski definition) is 2. The van der Waals surface area contributed by atoms with Gasteiger partial charge in [-0.15, -0.1) is 0 Å². The minimum absolute atomic E-state index is 0.000856. The average molecular weight is 280 g/mol. The van der Waals surface area contributed by atoms with Crippen LogP contribution in [0.4, 0.5) is 0 Å². The maximum atomic E-state index is 9.55. The van der Waals surface area contributed by atoms with Gasteiger partial charge in [0.15, 0.2) is 11.5 Å². The molecule has 0 amide bonds. The number of phenolic OH excluding ortho intramolecular Hbond substituents is 2. The summed E-state index contributed by atoms with van der Waals surface area (Å²) in [5.41, 5.74) is 0. The number of phenols is 2. The van der Waals surface area contributed by atoms with Crippen molar-refractivity contribution in [1.82, 2.24) is 0 Å². The van der Waals surface area contributed by atoms with E-state index < -0.39 is 0 Å². The number of hydrogen-bond acceptors (Lipinski definition) is 3. The molecular formula is C17H28O3. The molecule has 0 radical (unpaired) electrons. The Kier molecular flexibility index (Phi) is 8.68. The quantitative estimate of drug-likeness (QED) is 0.560. The summed E-state index contributed by atoms with van der Waals surface area (Å²) in [5, 5.41) is 18.7. The lowest BCUT2D eigenvalue weighted by atomic mass is 10.1. The van der Waals surface area contributed by atoms with Gasteiger partial charge in [-0.1, -0.05) is 58.3 Å². The summed E-state index contributed by atoms with van der Waals surface area (Å²) in [6.07, 6.45) is 11.5. The molecule has 0 saturated heterocycles. The molecule has 20 heavy (non-hydrogen) atoms. The molecular weight excluding hydrogens is 252 g/mol. The van der Waals surface area contributed by atoms with Gasteiger partial charge in [0.1, 0.15) is 5.75 Å². The highest BCUT2D eigenvalue weighted by molar-refractivity contribution is 5.43. The van der Waals surface area contributed by atoms with Gasteiger partial charge < -0.3 is 14.9 Å². The van der Waals surface area contributed by atoms with Gasteiger partial charge in [-0.2, -0.15) is 0 Å². The third-order valence-corrected chi connectivity index (χ3v) is 3.45. The van der Waals surface area contributed by atoms with Crippen LogP contribution in [0.3, 0.4) is 0 Å². The Balaban J connectivity index is 1.97. The fourth-order valence-electron chi connectivity index (χ4n) is 2.22. The third kappa shape index (κ3) is 7.27. The number of aromatic hydroxyl groups is 2. The van der Waals surface area contributed by atoms with E-state index in [-0.39, 0.29) is 11.5 Å². The highest BCUT2D eigenvalue weighted by atomic mass is 16.5. The zero-order valence-electron chi connectivity index (χ0n) is 12.6. The van der Waals surface area contributed by atoms with Crippen molar-refractivity contribution in [3.8, 4) is 17.2 Å². The van der Waals surface area contributed by atoms with Crippen LogP contribution >= 0.6 is 0 Å². The first-order valence-corrected chi connectivity index (χ1v) is 7.89. The van der Waals surface area contributed by atoms with Crippen molar-refractivity contribution >= 4 is 0 Å². The number of rotatable bonds is 11. The molecule has 0 atom stereocenters. The lowest BCUT2D eigenvalue weighted by molar-refractivity contribution is 0.288. The van der Waals surface area contributed by atoms with Crippen LogP contribution in [0, 0.1) is 0 Å². The number of benzene rings is 1. The van der Waals surface area contributed by atoms with Crippen LogP contribution in [0.5, 0.6) is 17.2 Å². The van der Waals surface area contributed by atoms with E-state index in [1.165, 1.54) is 63.5 Å². The van der Waals surface area contributed by atoms with Gasteiger partial charge >= 0.3 is 0 Å². The van der Waals surface area contributed by atoms with Crippen molar-refractivity contribution in [2.24, 2.45) is 0 Å². The molecule has 1 aromatic rings. The molecule has 0 spiro atoms. The Morgan fingerprint density at radius 3 is 2.05 bits per heavy atom.